The number of thioether (sulfide) groups is 1. The van der Waals surface area contributed by atoms with E-state index in [2.05, 4.69) is 50.2 Å². The molecule has 0 aliphatic carbocycles. The summed E-state index contributed by atoms with van der Waals surface area (Å²) in [6.45, 7) is 6.45. The highest BCUT2D eigenvalue weighted by Crippen LogP contribution is 2.24. The van der Waals surface area contributed by atoms with E-state index in [0.717, 1.165) is 67.7 Å². The van der Waals surface area contributed by atoms with Crippen LogP contribution < -0.4 is 15.1 Å². The molecular weight excluding hydrogens is 382 g/mol. The van der Waals surface area contributed by atoms with Crippen LogP contribution in [0, 0.1) is 12.8 Å². The fourth-order valence-electron chi connectivity index (χ4n) is 3.96. The number of aromatic nitrogens is 2. The molecule has 0 atom stereocenters. The molecule has 154 valence electrons. The Morgan fingerprint density at radius 2 is 1.83 bits per heavy atom. The summed E-state index contributed by atoms with van der Waals surface area (Å²) in [7, 11) is 0. The minimum Gasteiger partial charge on any atom is -0.369 e. The molecule has 7 heteroatoms. The van der Waals surface area contributed by atoms with Crippen LogP contribution in [0.3, 0.4) is 0 Å². The van der Waals surface area contributed by atoms with Gasteiger partial charge >= 0.3 is 0 Å². The fraction of sp³-hybridized carbons (Fsp3) is 0.500. The quantitative estimate of drug-likeness (QED) is 0.816. The van der Waals surface area contributed by atoms with E-state index >= 15 is 0 Å². The lowest BCUT2D eigenvalue weighted by Gasteiger charge is -2.33. The number of hydrogen-bond acceptors (Lipinski definition) is 6. The van der Waals surface area contributed by atoms with Gasteiger partial charge < -0.3 is 15.1 Å². The van der Waals surface area contributed by atoms with Crippen LogP contribution in [0.4, 0.5) is 11.6 Å². The third-order valence-corrected chi connectivity index (χ3v) is 6.64. The Morgan fingerprint density at radius 3 is 2.52 bits per heavy atom. The summed E-state index contributed by atoms with van der Waals surface area (Å²) in [6.07, 6.45) is 5.60. The summed E-state index contributed by atoms with van der Waals surface area (Å²) in [5.74, 6) is 3.37. The Morgan fingerprint density at radius 1 is 1.10 bits per heavy atom. The molecule has 0 radical (unpaired) electrons. The lowest BCUT2D eigenvalue weighted by Crippen LogP contribution is -2.40. The summed E-state index contributed by atoms with van der Waals surface area (Å²) in [6, 6.07) is 8.29. The van der Waals surface area contributed by atoms with Gasteiger partial charge in [0.05, 0.1) is 18.1 Å². The minimum atomic E-state index is 0.0853. The molecule has 0 spiro atoms. The molecule has 1 N–H and O–H groups in total. The number of aryl methyl sites for hydroxylation is 1. The predicted octanol–water partition coefficient (Wildman–Crippen LogP) is 2.87. The third-order valence-electron chi connectivity index (χ3n) is 5.70. The van der Waals surface area contributed by atoms with Gasteiger partial charge in [0.2, 0.25) is 11.9 Å². The Balaban J connectivity index is 1.26. The maximum atomic E-state index is 12.6. The largest absolute Gasteiger partial charge is 0.369 e. The number of anilines is 2. The van der Waals surface area contributed by atoms with E-state index in [9.17, 15) is 4.79 Å². The van der Waals surface area contributed by atoms with Gasteiger partial charge in [0.25, 0.3) is 0 Å². The SMILES string of the molecule is Cc1cccc(CNC(=O)C2CCN(c3cnc(N4CCSCC4)nc3)CC2)c1. The zero-order valence-corrected chi connectivity index (χ0v) is 17.8. The van der Waals surface area contributed by atoms with Crippen molar-refractivity contribution in [1.82, 2.24) is 15.3 Å². The molecule has 0 unspecified atom stereocenters. The van der Waals surface area contributed by atoms with E-state index in [-0.39, 0.29) is 11.8 Å². The molecule has 1 aromatic carbocycles. The molecule has 2 aromatic rings. The second-order valence-electron chi connectivity index (χ2n) is 7.81. The van der Waals surface area contributed by atoms with Crippen molar-refractivity contribution >= 4 is 29.3 Å². The van der Waals surface area contributed by atoms with Crippen LogP contribution >= 0.6 is 11.8 Å². The van der Waals surface area contributed by atoms with Gasteiger partial charge in [-0.3, -0.25) is 4.79 Å². The van der Waals surface area contributed by atoms with Crippen molar-refractivity contribution in [2.45, 2.75) is 26.3 Å². The van der Waals surface area contributed by atoms with E-state index in [0.29, 0.717) is 6.54 Å². The topological polar surface area (TPSA) is 61.4 Å². The third kappa shape index (κ3) is 5.21. The van der Waals surface area contributed by atoms with Crippen molar-refractivity contribution in [3.63, 3.8) is 0 Å². The summed E-state index contributed by atoms with van der Waals surface area (Å²) >= 11 is 1.99. The van der Waals surface area contributed by atoms with Crippen molar-refractivity contribution in [1.29, 1.82) is 0 Å². The average Bonchev–Trinajstić information content (AvgIpc) is 2.78. The Bertz CT molecular complexity index is 814. The molecule has 0 bridgehead atoms. The monoisotopic (exact) mass is 411 g/mol. The standard InChI is InChI=1S/C22H29N5OS/c1-17-3-2-4-18(13-17)14-23-21(28)19-5-7-26(8-6-19)20-15-24-22(25-16-20)27-9-11-29-12-10-27/h2-4,13,15-16,19H,5-12,14H2,1H3,(H,23,28). The number of nitrogens with zero attached hydrogens (tertiary/aromatic N) is 4. The summed E-state index contributed by atoms with van der Waals surface area (Å²) in [5.41, 5.74) is 3.43. The van der Waals surface area contributed by atoms with Crippen molar-refractivity contribution in [3.05, 3.63) is 47.8 Å². The Kier molecular flexibility index (Phi) is 6.54. The van der Waals surface area contributed by atoms with Crippen LogP contribution in [0.5, 0.6) is 0 Å². The predicted molar refractivity (Wildman–Crippen MR) is 120 cm³/mol. The number of hydrogen-bond donors (Lipinski definition) is 1. The zero-order valence-electron chi connectivity index (χ0n) is 17.0. The summed E-state index contributed by atoms with van der Waals surface area (Å²) in [5, 5.41) is 3.10. The normalized spacial score (nSPS) is 18.0. The second-order valence-corrected chi connectivity index (χ2v) is 9.03. The molecule has 4 rings (SSSR count). The molecule has 3 heterocycles. The molecule has 29 heavy (non-hydrogen) atoms. The van der Waals surface area contributed by atoms with Gasteiger partial charge in [-0.2, -0.15) is 11.8 Å². The first-order valence-corrected chi connectivity index (χ1v) is 11.6. The van der Waals surface area contributed by atoms with Crippen LogP contribution in [0.25, 0.3) is 0 Å². The van der Waals surface area contributed by atoms with E-state index < -0.39 is 0 Å². The zero-order chi connectivity index (χ0) is 20.1. The van der Waals surface area contributed by atoms with E-state index in [4.69, 9.17) is 0 Å². The minimum absolute atomic E-state index is 0.0853. The van der Waals surface area contributed by atoms with Gasteiger partial charge in [-0.05, 0) is 25.3 Å². The Labute approximate surface area is 177 Å². The van der Waals surface area contributed by atoms with Crippen LogP contribution in [-0.4, -0.2) is 53.6 Å². The number of carbonyl (C=O) groups is 1. The molecule has 6 nitrogen and oxygen atoms in total. The number of benzene rings is 1. The molecule has 2 saturated heterocycles. The number of rotatable bonds is 5. The fourth-order valence-corrected chi connectivity index (χ4v) is 4.86. The smallest absolute Gasteiger partial charge is 0.225 e. The van der Waals surface area contributed by atoms with Gasteiger partial charge in [-0.25, -0.2) is 9.97 Å². The van der Waals surface area contributed by atoms with Gasteiger partial charge in [-0.1, -0.05) is 29.8 Å². The molecule has 2 aliphatic heterocycles. The van der Waals surface area contributed by atoms with Crippen molar-refractivity contribution < 1.29 is 4.79 Å². The van der Waals surface area contributed by atoms with Gasteiger partial charge in [0.15, 0.2) is 0 Å². The summed E-state index contributed by atoms with van der Waals surface area (Å²) in [4.78, 5) is 26.3. The van der Waals surface area contributed by atoms with Crippen LogP contribution in [0.15, 0.2) is 36.7 Å². The Hall–Kier alpha value is -2.28. The van der Waals surface area contributed by atoms with Gasteiger partial charge in [0.1, 0.15) is 0 Å². The van der Waals surface area contributed by atoms with Crippen LogP contribution in [0.2, 0.25) is 0 Å². The van der Waals surface area contributed by atoms with Crippen molar-refractivity contribution in [2.24, 2.45) is 5.92 Å². The van der Waals surface area contributed by atoms with Crippen molar-refractivity contribution in [3.8, 4) is 0 Å². The maximum absolute atomic E-state index is 12.6. The van der Waals surface area contributed by atoms with Crippen molar-refractivity contribution in [2.75, 3.05) is 47.5 Å². The van der Waals surface area contributed by atoms with E-state index in [1.165, 1.54) is 5.56 Å². The lowest BCUT2D eigenvalue weighted by molar-refractivity contribution is -0.125. The molecule has 2 fully saturated rings. The number of amides is 1. The number of carbonyl (C=O) groups excluding carboxylic acids is 1. The molecule has 1 amide bonds. The first-order valence-electron chi connectivity index (χ1n) is 10.4. The molecule has 2 aliphatic rings. The summed E-state index contributed by atoms with van der Waals surface area (Å²) < 4.78 is 0. The first kappa shape index (κ1) is 20.0. The van der Waals surface area contributed by atoms with Gasteiger partial charge in [-0.15, -0.1) is 0 Å². The highest BCUT2D eigenvalue weighted by molar-refractivity contribution is 7.99. The highest BCUT2D eigenvalue weighted by atomic mass is 32.2. The van der Waals surface area contributed by atoms with Crippen LogP contribution in [-0.2, 0) is 11.3 Å². The molecule has 0 saturated carbocycles. The molecular formula is C22H29N5OS. The number of piperidine rings is 1. The lowest BCUT2D eigenvalue weighted by atomic mass is 9.95. The van der Waals surface area contributed by atoms with Gasteiger partial charge in [0, 0.05) is 50.1 Å². The molecule has 1 aromatic heterocycles. The number of nitrogens with one attached hydrogen (secondary N) is 1. The average molecular weight is 412 g/mol. The van der Waals surface area contributed by atoms with E-state index in [1.54, 1.807) is 0 Å². The maximum Gasteiger partial charge on any atom is 0.225 e. The second kappa shape index (κ2) is 9.48. The first-order chi connectivity index (χ1) is 14.2. The highest BCUT2D eigenvalue weighted by Gasteiger charge is 2.25. The van der Waals surface area contributed by atoms with Crippen LogP contribution in [0.1, 0.15) is 24.0 Å². The van der Waals surface area contributed by atoms with E-state index in [1.807, 2.05) is 30.2 Å².